The van der Waals surface area contributed by atoms with Gasteiger partial charge in [0.1, 0.15) is 0 Å². The largest absolute Gasteiger partial charge is 0.378 e. The van der Waals surface area contributed by atoms with Gasteiger partial charge in [0.25, 0.3) is 5.91 Å². The lowest BCUT2D eigenvalue weighted by atomic mass is 9.96. The lowest BCUT2D eigenvalue weighted by Gasteiger charge is -2.26. The average molecular weight is 368 g/mol. The molecule has 4 rings (SSSR count). The number of carbonyl (C=O) groups excluding carboxylic acids is 2. The number of thiophene rings is 1. The number of nitrogens with zero attached hydrogens (tertiary/aromatic N) is 2. The zero-order chi connectivity index (χ0) is 18.3. The van der Waals surface area contributed by atoms with Crippen molar-refractivity contribution in [2.45, 2.75) is 12.6 Å². The molecule has 7 heteroatoms. The SMILES string of the molecule is CN(C)c1ccc(C2NC(=O)NC3=C2C(=O)N(Cc2cccs2)C3)cc1. The van der Waals surface area contributed by atoms with Crippen LogP contribution in [0.4, 0.5) is 10.5 Å². The van der Waals surface area contributed by atoms with Crippen LogP contribution in [0.5, 0.6) is 0 Å². The van der Waals surface area contributed by atoms with Gasteiger partial charge in [-0.3, -0.25) is 4.79 Å². The van der Waals surface area contributed by atoms with Crippen LogP contribution in [-0.2, 0) is 11.3 Å². The number of benzene rings is 1. The molecule has 1 aromatic carbocycles. The molecule has 0 aliphatic carbocycles. The predicted octanol–water partition coefficient (Wildman–Crippen LogP) is 2.46. The summed E-state index contributed by atoms with van der Waals surface area (Å²) >= 11 is 1.63. The molecule has 1 unspecified atom stereocenters. The minimum Gasteiger partial charge on any atom is -0.378 e. The van der Waals surface area contributed by atoms with Gasteiger partial charge < -0.3 is 20.4 Å². The van der Waals surface area contributed by atoms with Crippen molar-refractivity contribution in [3.8, 4) is 0 Å². The lowest BCUT2D eigenvalue weighted by Crippen LogP contribution is -2.44. The standard InChI is InChI=1S/C19H20N4O2S/c1-22(2)13-7-5-12(6-8-13)17-16-15(20-19(25)21-17)11-23(18(16)24)10-14-4-3-9-26-14/h3-9,17H,10-11H2,1-2H3,(H2,20,21,25). The second kappa shape index (κ2) is 6.49. The zero-order valence-corrected chi connectivity index (χ0v) is 15.5. The first-order valence-corrected chi connectivity index (χ1v) is 9.30. The van der Waals surface area contributed by atoms with Crippen molar-refractivity contribution in [1.29, 1.82) is 0 Å². The summed E-state index contributed by atoms with van der Waals surface area (Å²) in [5.41, 5.74) is 3.32. The van der Waals surface area contributed by atoms with Gasteiger partial charge in [-0.15, -0.1) is 11.3 Å². The highest BCUT2D eigenvalue weighted by atomic mass is 32.1. The first kappa shape index (κ1) is 16.7. The summed E-state index contributed by atoms with van der Waals surface area (Å²) in [6, 6.07) is 11.2. The average Bonchev–Trinajstić information content (AvgIpc) is 3.23. The Kier molecular flexibility index (Phi) is 4.16. The van der Waals surface area contributed by atoms with Crippen LogP contribution in [0, 0.1) is 0 Å². The van der Waals surface area contributed by atoms with Crippen LogP contribution in [0.15, 0.2) is 53.0 Å². The molecular weight excluding hydrogens is 348 g/mol. The highest BCUT2D eigenvalue weighted by molar-refractivity contribution is 7.09. The minimum atomic E-state index is -0.421. The molecule has 1 aromatic heterocycles. The van der Waals surface area contributed by atoms with Crippen molar-refractivity contribution in [3.63, 3.8) is 0 Å². The van der Waals surface area contributed by atoms with Gasteiger partial charge >= 0.3 is 6.03 Å². The monoisotopic (exact) mass is 368 g/mol. The van der Waals surface area contributed by atoms with Crippen LogP contribution in [0.3, 0.4) is 0 Å². The van der Waals surface area contributed by atoms with E-state index in [0.717, 1.165) is 16.1 Å². The molecule has 26 heavy (non-hydrogen) atoms. The van der Waals surface area contributed by atoms with Crippen molar-refractivity contribution in [2.24, 2.45) is 0 Å². The number of anilines is 1. The Balaban J connectivity index is 1.62. The minimum absolute atomic E-state index is 0.0254. The molecule has 3 heterocycles. The molecule has 6 nitrogen and oxygen atoms in total. The summed E-state index contributed by atoms with van der Waals surface area (Å²) in [5.74, 6) is -0.0254. The molecule has 0 saturated carbocycles. The van der Waals surface area contributed by atoms with Gasteiger partial charge in [-0.2, -0.15) is 0 Å². The Morgan fingerprint density at radius 1 is 1.19 bits per heavy atom. The maximum absolute atomic E-state index is 13.0. The molecular formula is C19H20N4O2S. The highest BCUT2D eigenvalue weighted by Gasteiger charge is 2.40. The summed E-state index contributed by atoms with van der Waals surface area (Å²) in [6.07, 6.45) is 0. The van der Waals surface area contributed by atoms with E-state index in [1.807, 2.05) is 60.8 Å². The fraction of sp³-hybridized carbons (Fsp3) is 0.263. The topological polar surface area (TPSA) is 64.7 Å². The van der Waals surface area contributed by atoms with Gasteiger partial charge in [-0.05, 0) is 29.1 Å². The maximum atomic E-state index is 13.0. The number of urea groups is 1. The molecule has 2 aliphatic heterocycles. The van der Waals surface area contributed by atoms with E-state index < -0.39 is 6.04 Å². The Hall–Kier alpha value is -2.80. The van der Waals surface area contributed by atoms with Crippen LogP contribution in [-0.4, -0.2) is 37.5 Å². The van der Waals surface area contributed by atoms with Gasteiger partial charge in [0.05, 0.1) is 30.4 Å². The van der Waals surface area contributed by atoms with E-state index >= 15 is 0 Å². The van der Waals surface area contributed by atoms with E-state index in [1.165, 1.54) is 0 Å². The van der Waals surface area contributed by atoms with Gasteiger partial charge in [0.15, 0.2) is 0 Å². The third-order valence-electron chi connectivity index (χ3n) is 4.69. The van der Waals surface area contributed by atoms with Gasteiger partial charge in [0.2, 0.25) is 0 Å². The summed E-state index contributed by atoms with van der Waals surface area (Å²) in [5, 5.41) is 7.71. The molecule has 0 bridgehead atoms. The van der Waals surface area contributed by atoms with E-state index in [1.54, 1.807) is 16.2 Å². The molecule has 0 fully saturated rings. The number of hydrogen-bond donors (Lipinski definition) is 2. The summed E-state index contributed by atoms with van der Waals surface area (Å²) in [6.45, 7) is 0.997. The first-order valence-electron chi connectivity index (χ1n) is 8.42. The fourth-order valence-electron chi connectivity index (χ4n) is 3.36. The van der Waals surface area contributed by atoms with E-state index in [2.05, 4.69) is 10.6 Å². The van der Waals surface area contributed by atoms with Crippen molar-refractivity contribution < 1.29 is 9.59 Å². The van der Waals surface area contributed by atoms with E-state index in [0.29, 0.717) is 24.4 Å². The number of nitrogens with one attached hydrogen (secondary N) is 2. The smallest absolute Gasteiger partial charge is 0.319 e. The van der Waals surface area contributed by atoms with Gasteiger partial charge in [0, 0.05) is 24.7 Å². The Bertz CT molecular complexity index is 871. The van der Waals surface area contributed by atoms with Crippen LogP contribution in [0.2, 0.25) is 0 Å². The predicted molar refractivity (Wildman–Crippen MR) is 102 cm³/mol. The van der Waals surface area contributed by atoms with Crippen LogP contribution < -0.4 is 15.5 Å². The summed E-state index contributed by atoms with van der Waals surface area (Å²) in [7, 11) is 3.95. The number of amides is 3. The van der Waals surface area contributed by atoms with Crippen molar-refractivity contribution in [3.05, 3.63) is 63.5 Å². The summed E-state index contributed by atoms with van der Waals surface area (Å²) < 4.78 is 0. The Morgan fingerprint density at radius 3 is 2.62 bits per heavy atom. The van der Waals surface area contributed by atoms with Crippen LogP contribution in [0.1, 0.15) is 16.5 Å². The molecule has 0 spiro atoms. The van der Waals surface area contributed by atoms with E-state index in [4.69, 9.17) is 0 Å². The molecule has 0 saturated heterocycles. The number of hydrogen-bond acceptors (Lipinski definition) is 4. The third-order valence-corrected chi connectivity index (χ3v) is 5.55. The zero-order valence-electron chi connectivity index (χ0n) is 14.7. The quantitative estimate of drug-likeness (QED) is 0.871. The lowest BCUT2D eigenvalue weighted by molar-refractivity contribution is -0.126. The second-order valence-corrected chi connectivity index (χ2v) is 7.68. The normalized spacial score (nSPS) is 19.3. The Morgan fingerprint density at radius 2 is 1.96 bits per heavy atom. The van der Waals surface area contributed by atoms with Crippen molar-refractivity contribution in [1.82, 2.24) is 15.5 Å². The van der Waals surface area contributed by atoms with Crippen molar-refractivity contribution >= 4 is 29.0 Å². The van der Waals surface area contributed by atoms with Gasteiger partial charge in [-0.25, -0.2) is 4.79 Å². The molecule has 2 N–H and O–H groups in total. The number of carbonyl (C=O) groups is 2. The van der Waals surface area contributed by atoms with Crippen LogP contribution in [0.25, 0.3) is 0 Å². The third kappa shape index (κ3) is 2.94. The Labute approximate surface area is 156 Å². The molecule has 0 radical (unpaired) electrons. The van der Waals surface area contributed by atoms with Gasteiger partial charge in [-0.1, -0.05) is 18.2 Å². The molecule has 2 aromatic rings. The molecule has 2 aliphatic rings. The second-order valence-electron chi connectivity index (χ2n) is 6.65. The first-order chi connectivity index (χ1) is 12.5. The molecule has 134 valence electrons. The van der Waals surface area contributed by atoms with E-state index in [-0.39, 0.29) is 11.9 Å². The summed E-state index contributed by atoms with van der Waals surface area (Å²) in [4.78, 5) is 30.0. The maximum Gasteiger partial charge on any atom is 0.319 e. The highest BCUT2D eigenvalue weighted by Crippen LogP contribution is 2.34. The fourth-order valence-corrected chi connectivity index (χ4v) is 4.08. The molecule has 1 atom stereocenters. The molecule has 3 amide bonds. The van der Waals surface area contributed by atoms with Crippen LogP contribution >= 0.6 is 11.3 Å². The number of rotatable bonds is 4. The van der Waals surface area contributed by atoms with Crippen molar-refractivity contribution in [2.75, 3.05) is 25.5 Å². The van der Waals surface area contributed by atoms with E-state index in [9.17, 15) is 9.59 Å².